The summed E-state index contributed by atoms with van der Waals surface area (Å²) in [7, 11) is 0. The second kappa shape index (κ2) is 6.41. The summed E-state index contributed by atoms with van der Waals surface area (Å²) in [5.41, 5.74) is 3.16. The average Bonchev–Trinajstić information content (AvgIpc) is 2.45. The third-order valence-electron chi connectivity index (χ3n) is 2.72. The van der Waals surface area contributed by atoms with Crippen molar-refractivity contribution in [2.75, 3.05) is 11.9 Å². The molecular formula is C15H15N3O. The van der Waals surface area contributed by atoms with Gasteiger partial charge in [0.05, 0.1) is 11.4 Å². The Balaban J connectivity index is 1.93. The number of benzene rings is 1. The van der Waals surface area contributed by atoms with Gasteiger partial charge < -0.3 is 10.1 Å². The number of aryl methyl sites for hydroxylation is 1. The van der Waals surface area contributed by atoms with Crippen LogP contribution in [0.4, 0.5) is 5.69 Å². The molecule has 0 unspecified atom stereocenters. The highest BCUT2D eigenvalue weighted by Crippen LogP contribution is 2.15. The molecule has 0 aliphatic heterocycles. The molecule has 96 valence electrons. The zero-order valence-electron chi connectivity index (χ0n) is 10.8. The molecule has 0 aliphatic rings. The van der Waals surface area contributed by atoms with Crippen molar-refractivity contribution in [1.82, 2.24) is 4.98 Å². The molecule has 1 heterocycles. The second-order valence-electron chi connectivity index (χ2n) is 4.08. The molecule has 0 atom stereocenters. The number of hydrogen-bond acceptors (Lipinski definition) is 4. The van der Waals surface area contributed by atoms with Gasteiger partial charge in [0.1, 0.15) is 11.8 Å². The number of hydrogen-bond donors (Lipinski definition) is 1. The van der Waals surface area contributed by atoms with Crippen molar-refractivity contribution in [2.45, 2.75) is 13.5 Å². The topological polar surface area (TPSA) is 57.9 Å². The molecule has 0 saturated heterocycles. The van der Waals surface area contributed by atoms with Gasteiger partial charge in [-0.25, -0.2) is 0 Å². The molecule has 0 spiro atoms. The van der Waals surface area contributed by atoms with Gasteiger partial charge in [0, 0.05) is 12.7 Å². The lowest BCUT2D eigenvalue weighted by atomic mass is 10.2. The van der Waals surface area contributed by atoms with E-state index in [1.165, 1.54) is 0 Å². The quantitative estimate of drug-likeness (QED) is 0.890. The summed E-state index contributed by atoms with van der Waals surface area (Å²) in [6.45, 7) is 2.78. The maximum atomic E-state index is 8.43. The fraction of sp³-hybridized carbons (Fsp3) is 0.200. The molecule has 1 aromatic carbocycles. The first-order chi connectivity index (χ1) is 9.29. The molecule has 0 aliphatic carbocycles. The molecule has 0 amide bonds. The van der Waals surface area contributed by atoms with Crippen molar-refractivity contribution >= 4 is 5.69 Å². The summed E-state index contributed by atoms with van der Waals surface area (Å²) in [5.74, 6) is 0.711. The van der Waals surface area contributed by atoms with Gasteiger partial charge in [-0.3, -0.25) is 4.98 Å². The van der Waals surface area contributed by atoms with Crippen molar-refractivity contribution in [2.24, 2.45) is 0 Å². The Morgan fingerprint density at radius 1 is 1.26 bits per heavy atom. The normalized spacial score (nSPS) is 9.68. The summed E-state index contributed by atoms with van der Waals surface area (Å²) in [6, 6.07) is 13.5. The lowest BCUT2D eigenvalue weighted by Crippen LogP contribution is -2.02. The van der Waals surface area contributed by atoms with Gasteiger partial charge in [0.25, 0.3) is 0 Å². The monoisotopic (exact) mass is 253 g/mol. The van der Waals surface area contributed by atoms with Gasteiger partial charge in [-0.15, -0.1) is 0 Å². The van der Waals surface area contributed by atoms with E-state index in [9.17, 15) is 0 Å². The molecular weight excluding hydrogens is 238 g/mol. The number of rotatable bonds is 5. The molecule has 0 saturated carbocycles. The molecule has 4 nitrogen and oxygen atoms in total. The van der Waals surface area contributed by atoms with E-state index in [0.717, 1.165) is 23.5 Å². The highest BCUT2D eigenvalue weighted by molar-refractivity contribution is 5.47. The Bertz CT molecular complexity index is 573. The van der Waals surface area contributed by atoms with E-state index in [0.29, 0.717) is 5.75 Å². The van der Waals surface area contributed by atoms with Gasteiger partial charge in [-0.1, -0.05) is 12.1 Å². The Labute approximate surface area is 112 Å². The van der Waals surface area contributed by atoms with Crippen molar-refractivity contribution in [1.29, 1.82) is 5.26 Å². The minimum atomic E-state index is 0.0759. The minimum Gasteiger partial charge on any atom is -0.479 e. The smallest absolute Gasteiger partial charge is 0.174 e. The largest absolute Gasteiger partial charge is 0.479 e. The van der Waals surface area contributed by atoms with E-state index >= 15 is 0 Å². The first-order valence-electron chi connectivity index (χ1n) is 6.04. The highest BCUT2D eigenvalue weighted by atomic mass is 16.5. The molecule has 4 heteroatoms. The number of ether oxygens (including phenoxy) is 1. The lowest BCUT2D eigenvalue weighted by molar-refractivity contribution is 0.368. The Morgan fingerprint density at radius 3 is 2.74 bits per heavy atom. The van der Waals surface area contributed by atoms with E-state index < -0.39 is 0 Å². The molecule has 19 heavy (non-hydrogen) atoms. The number of anilines is 1. The third kappa shape index (κ3) is 3.71. The number of nitriles is 1. The van der Waals surface area contributed by atoms with Crippen LogP contribution in [-0.4, -0.2) is 11.6 Å². The fourth-order valence-corrected chi connectivity index (χ4v) is 1.69. The Hall–Kier alpha value is -2.54. The molecule has 2 aromatic rings. The SMILES string of the molecule is Cc1ncccc1NCc1ccc(OCC#N)cc1. The fourth-order valence-electron chi connectivity index (χ4n) is 1.69. The van der Waals surface area contributed by atoms with Crippen LogP contribution in [-0.2, 0) is 6.54 Å². The predicted octanol–water partition coefficient (Wildman–Crippen LogP) is 2.90. The van der Waals surface area contributed by atoms with Crippen molar-refractivity contribution in [3.63, 3.8) is 0 Å². The van der Waals surface area contributed by atoms with Crippen LogP contribution in [0, 0.1) is 18.3 Å². The van der Waals surface area contributed by atoms with E-state index in [-0.39, 0.29) is 6.61 Å². The molecule has 1 aromatic heterocycles. The maximum absolute atomic E-state index is 8.43. The van der Waals surface area contributed by atoms with Gasteiger partial charge in [-0.2, -0.15) is 5.26 Å². The van der Waals surface area contributed by atoms with Crippen molar-refractivity contribution < 1.29 is 4.74 Å². The van der Waals surface area contributed by atoms with E-state index in [1.807, 2.05) is 49.4 Å². The Morgan fingerprint density at radius 2 is 2.05 bits per heavy atom. The van der Waals surface area contributed by atoms with Gasteiger partial charge in [0.2, 0.25) is 0 Å². The first-order valence-corrected chi connectivity index (χ1v) is 6.04. The molecule has 0 radical (unpaired) electrons. The number of nitrogens with one attached hydrogen (secondary N) is 1. The molecule has 0 fully saturated rings. The summed E-state index contributed by atoms with van der Waals surface area (Å²) >= 11 is 0. The van der Waals surface area contributed by atoms with E-state index in [4.69, 9.17) is 10.00 Å². The van der Waals surface area contributed by atoms with Crippen LogP contribution in [0.3, 0.4) is 0 Å². The first kappa shape index (κ1) is 12.9. The minimum absolute atomic E-state index is 0.0759. The summed E-state index contributed by atoms with van der Waals surface area (Å²) < 4.78 is 5.20. The van der Waals surface area contributed by atoms with Gasteiger partial charge in [-0.05, 0) is 36.8 Å². The standard InChI is InChI=1S/C15H15N3O/c1-12-15(3-2-9-17-12)18-11-13-4-6-14(7-5-13)19-10-8-16/h2-7,9,18H,10-11H2,1H3. The van der Waals surface area contributed by atoms with Crippen molar-refractivity contribution in [3.05, 3.63) is 53.9 Å². The van der Waals surface area contributed by atoms with Crippen LogP contribution in [0.5, 0.6) is 5.75 Å². The number of pyridine rings is 1. The summed E-state index contributed by atoms with van der Waals surface area (Å²) in [5, 5.41) is 11.8. The van der Waals surface area contributed by atoms with Crippen LogP contribution in [0.2, 0.25) is 0 Å². The second-order valence-corrected chi connectivity index (χ2v) is 4.08. The molecule has 1 N–H and O–H groups in total. The van der Waals surface area contributed by atoms with Crippen LogP contribution < -0.4 is 10.1 Å². The van der Waals surface area contributed by atoms with Crippen LogP contribution in [0.1, 0.15) is 11.3 Å². The third-order valence-corrected chi connectivity index (χ3v) is 2.72. The maximum Gasteiger partial charge on any atom is 0.174 e. The van der Waals surface area contributed by atoms with Crippen LogP contribution in [0.15, 0.2) is 42.6 Å². The zero-order chi connectivity index (χ0) is 13.5. The molecule has 0 bridgehead atoms. The average molecular weight is 253 g/mol. The summed E-state index contributed by atoms with van der Waals surface area (Å²) in [6.07, 6.45) is 1.78. The summed E-state index contributed by atoms with van der Waals surface area (Å²) in [4.78, 5) is 4.23. The zero-order valence-corrected chi connectivity index (χ0v) is 10.8. The van der Waals surface area contributed by atoms with Crippen LogP contribution >= 0.6 is 0 Å². The van der Waals surface area contributed by atoms with Crippen molar-refractivity contribution in [3.8, 4) is 11.8 Å². The lowest BCUT2D eigenvalue weighted by Gasteiger charge is -2.09. The van der Waals surface area contributed by atoms with E-state index in [1.54, 1.807) is 6.20 Å². The number of nitrogens with zero attached hydrogens (tertiary/aromatic N) is 2. The molecule has 2 rings (SSSR count). The Kier molecular flexibility index (Phi) is 4.35. The van der Waals surface area contributed by atoms with E-state index in [2.05, 4.69) is 10.3 Å². The van der Waals surface area contributed by atoms with Gasteiger partial charge >= 0.3 is 0 Å². The van der Waals surface area contributed by atoms with Crippen LogP contribution in [0.25, 0.3) is 0 Å². The van der Waals surface area contributed by atoms with Gasteiger partial charge in [0.15, 0.2) is 6.61 Å². The number of aromatic nitrogens is 1. The highest BCUT2D eigenvalue weighted by Gasteiger charge is 1.99. The predicted molar refractivity (Wildman–Crippen MR) is 73.9 cm³/mol.